The predicted octanol–water partition coefficient (Wildman–Crippen LogP) is 2.41. The van der Waals surface area contributed by atoms with Crippen LogP contribution >= 0.6 is 0 Å². The number of nitrogens with zero attached hydrogens (tertiary/aromatic N) is 1. The van der Waals surface area contributed by atoms with E-state index in [4.69, 9.17) is 0 Å². The van der Waals surface area contributed by atoms with E-state index in [1.807, 2.05) is 0 Å². The number of fused-ring (bicyclic) bond motifs is 2. The summed E-state index contributed by atoms with van der Waals surface area (Å²) in [6.07, 6.45) is 7.58. The van der Waals surface area contributed by atoms with Crippen molar-refractivity contribution in [3.63, 3.8) is 0 Å². The Kier molecular flexibility index (Phi) is 2.38. The summed E-state index contributed by atoms with van der Waals surface area (Å²) in [5.74, 6) is 0.754. The summed E-state index contributed by atoms with van der Waals surface area (Å²) >= 11 is 0. The molecule has 1 saturated heterocycles. The second-order valence-corrected chi connectivity index (χ2v) is 6.68. The van der Waals surface area contributed by atoms with Crippen LogP contribution in [-0.4, -0.2) is 34.7 Å². The first-order chi connectivity index (χ1) is 7.59. The number of hydrogen-bond donors (Lipinski definition) is 1. The molecule has 0 aromatic rings. The van der Waals surface area contributed by atoms with Crippen LogP contribution in [0.1, 0.15) is 52.4 Å². The van der Waals surface area contributed by atoms with Gasteiger partial charge in [0.15, 0.2) is 0 Å². The molecule has 3 aliphatic rings. The molecule has 16 heavy (non-hydrogen) atoms. The zero-order valence-electron chi connectivity index (χ0n) is 10.7. The summed E-state index contributed by atoms with van der Waals surface area (Å²) in [5, 5.41) is 10.5. The van der Waals surface area contributed by atoms with E-state index in [0.717, 1.165) is 12.3 Å². The first-order valence-corrected chi connectivity index (χ1v) is 7.02. The molecule has 2 nitrogen and oxygen atoms in total. The van der Waals surface area contributed by atoms with Gasteiger partial charge in [-0.3, -0.25) is 4.90 Å². The van der Waals surface area contributed by atoms with Crippen LogP contribution in [0.15, 0.2) is 0 Å². The lowest BCUT2D eigenvalue weighted by atomic mass is 9.73. The van der Waals surface area contributed by atoms with Gasteiger partial charge < -0.3 is 5.11 Å². The topological polar surface area (TPSA) is 23.5 Å². The van der Waals surface area contributed by atoms with Gasteiger partial charge in [-0.2, -0.15) is 0 Å². The van der Waals surface area contributed by atoms with Crippen molar-refractivity contribution < 1.29 is 5.11 Å². The Morgan fingerprint density at radius 3 is 2.31 bits per heavy atom. The Balaban J connectivity index is 1.94. The van der Waals surface area contributed by atoms with E-state index in [2.05, 4.69) is 18.7 Å². The standard InChI is InChI=1S/C14H25NO/c1-13(2)11-6-7-14(13,12(16)10-11)15-8-4-3-5-9-15/h11-12,16H,3-10H2,1-2H3/t11?,12-,14?/m1/s1. The molecule has 3 atom stereocenters. The van der Waals surface area contributed by atoms with Crippen molar-refractivity contribution in [1.29, 1.82) is 0 Å². The van der Waals surface area contributed by atoms with E-state index in [0.29, 0.717) is 5.41 Å². The van der Waals surface area contributed by atoms with Gasteiger partial charge in [0.25, 0.3) is 0 Å². The summed E-state index contributed by atoms with van der Waals surface area (Å²) in [6.45, 7) is 7.23. The Bertz CT molecular complexity index is 282. The maximum absolute atomic E-state index is 10.5. The van der Waals surface area contributed by atoms with E-state index in [1.165, 1.54) is 45.2 Å². The van der Waals surface area contributed by atoms with Crippen molar-refractivity contribution in [3.8, 4) is 0 Å². The number of rotatable bonds is 1. The first kappa shape index (κ1) is 11.0. The van der Waals surface area contributed by atoms with E-state index in [9.17, 15) is 5.11 Å². The minimum Gasteiger partial charge on any atom is -0.391 e. The van der Waals surface area contributed by atoms with E-state index in [-0.39, 0.29) is 11.6 Å². The van der Waals surface area contributed by atoms with Crippen LogP contribution < -0.4 is 0 Å². The average Bonchev–Trinajstić information content (AvgIpc) is 2.64. The number of aliphatic hydroxyl groups excluding tert-OH is 1. The minimum absolute atomic E-state index is 0.0700. The van der Waals surface area contributed by atoms with E-state index >= 15 is 0 Å². The molecule has 2 heteroatoms. The van der Waals surface area contributed by atoms with Gasteiger partial charge in [0, 0.05) is 0 Å². The van der Waals surface area contributed by atoms with E-state index in [1.54, 1.807) is 0 Å². The third-order valence-corrected chi connectivity index (χ3v) is 5.99. The van der Waals surface area contributed by atoms with Gasteiger partial charge >= 0.3 is 0 Å². The van der Waals surface area contributed by atoms with Gasteiger partial charge in [-0.15, -0.1) is 0 Å². The lowest BCUT2D eigenvalue weighted by molar-refractivity contribution is -0.0674. The lowest BCUT2D eigenvalue weighted by Gasteiger charge is -2.50. The van der Waals surface area contributed by atoms with Gasteiger partial charge in [0.2, 0.25) is 0 Å². The fraction of sp³-hybridized carbons (Fsp3) is 1.00. The van der Waals surface area contributed by atoms with Crippen molar-refractivity contribution in [2.24, 2.45) is 11.3 Å². The number of hydrogen-bond acceptors (Lipinski definition) is 2. The first-order valence-electron chi connectivity index (χ1n) is 7.02. The van der Waals surface area contributed by atoms with Gasteiger partial charge in [-0.1, -0.05) is 20.3 Å². The fourth-order valence-electron chi connectivity index (χ4n) is 4.97. The molecule has 1 aliphatic heterocycles. The van der Waals surface area contributed by atoms with Crippen molar-refractivity contribution >= 4 is 0 Å². The average molecular weight is 223 g/mol. The minimum atomic E-state index is -0.0700. The molecule has 2 bridgehead atoms. The Labute approximate surface area is 99.0 Å². The summed E-state index contributed by atoms with van der Waals surface area (Å²) in [6, 6.07) is 0. The number of aliphatic hydroxyl groups is 1. The van der Waals surface area contributed by atoms with Crippen LogP contribution in [0.25, 0.3) is 0 Å². The van der Waals surface area contributed by atoms with Gasteiger partial charge in [-0.25, -0.2) is 0 Å². The molecule has 0 aromatic carbocycles. The largest absolute Gasteiger partial charge is 0.391 e. The lowest BCUT2D eigenvalue weighted by Crippen LogP contribution is -2.60. The third-order valence-electron chi connectivity index (χ3n) is 5.99. The second kappa shape index (κ2) is 3.46. The highest BCUT2D eigenvalue weighted by molar-refractivity contribution is 5.19. The molecule has 1 N–H and O–H groups in total. The number of likely N-dealkylation sites (tertiary alicyclic amines) is 1. The summed E-state index contributed by atoms with van der Waals surface area (Å²) in [7, 11) is 0. The van der Waals surface area contributed by atoms with E-state index < -0.39 is 0 Å². The third kappa shape index (κ3) is 1.15. The molecule has 2 aliphatic carbocycles. The highest BCUT2D eigenvalue weighted by Crippen LogP contribution is 2.62. The molecule has 3 rings (SSSR count). The van der Waals surface area contributed by atoms with Gasteiger partial charge in [0.05, 0.1) is 11.6 Å². The molecule has 0 radical (unpaired) electrons. The van der Waals surface area contributed by atoms with Crippen molar-refractivity contribution in [2.45, 2.75) is 64.0 Å². The van der Waals surface area contributed by atoms with Crippen molar-refractivity contribution in [2.75, 3.05) is 13.1 Å². The monoisotopic (exact) mass is 223 g/mol. The van der Waals surface area contributed by atoms with Crippen LogP contribution in [-0.2, 0) is 0 Å². The van der Waals surface area contributed by atoms with Crippen molar-refractivity contribution in [3.05, 3.63) is 0 Å². The highest BCUT2D eigenvalue weighted by Gasteiger charge is 2.66. The molecule has 3 fully saturated rings. The Hall–Kier alpha value is -0.0800. The fourth-order valence-corrected chi connectivity index (χ4v) is 4.97. The molecule has 92 valence electrons. The summed E-state index contributed by atoms with van der Waals surface area (Å²) < 4.78 is 0. The number of piperidine rings is 1. The van der Waals surface area contributed by atoms with Gasteiger partial charge in [0.1, 0.15) is 0 Å². The zero-order chi connectivity index (χ0) is 11.4. The SMILES string of the molecule is CC1(C)C2CCC1(N1CCCCC1)[C@H](O)C2. The predicted molar refractivity (Wildman–Crippen MR) is 65.3 cm³/mol. The van der Waals surface area contributed by atoms with Crippen LogP contribution in [0, 0.1) is 11.3 Å². The smallest absolute Gasteiger partial charge is 0.0732 e. The van der Waals surface area contributed by atoms with Crippen LogP contribution in [0.4, 0.5) is 0 Å². The molecule has 0 spiro atoms. The molecule has 1 heterocycles. The maximum atomic E-state index is 10.5. The van der Waals surface area contributed by atoms with Crippen molar-refractivity contribution in [1.82, 2.24) is 4.90 Å². The second-order valence-electron chi connectivity index (χ2n) is 6.68. The molecule has 0 aromatic heterocycles. The van der Waals surface area contributed by atoms with Crippen LogP contribution in [0.5, 0.6) is 0 Å². The Morgan fingerprint density at radius 2 is 1.81 bits per heavy atom. The van der Waals surface area contributed by atoms with Crippen LogP contribution in [0.2, 0.25) is 0 Å². The molecule has 2 unspecified atom stereocenters. The summed E-state index contributed by atoms with van der Waals surface area (Å²) in [4.78, 5) is 2.65. The maximum Gasteiger partial charge on any atom is 0.0732 e. The van der Waals surface area contributed by atoms with Crippen LogP contribution in [0.3, 0.4) is 0 Å². The van der Waals surface area contributed by atoms with Gasteiger partial charge in [-0.05, 0) is 56.5 Å². The molecular formula is C14H25NO. The zero-order valence-corrected chi connectivity index (χ0v) is 10.7. The highest BCUT2D eigenvalue weighted by atomic mass is 16.3. The molecular weight excluding hydrogens is 198 g/mol. The summed E-state index contributed by atoms with van der Waals surface area (Å²) in [5.41, 5.74) is 0.446. The molecule has 0 amide bonds. The Morgan fingerprint density at radius 1 is 1.12 bits per heavy atom. The normalized spacial score (nSPS) is 47.4. The molecule has 2 saturated carbocycles. The quantitative estimate of drug-likeness (QED) is 0.738.